The molecule has 0 aliphatic carbocycles. The number of aliphatic hydroxyl groups is 5. The maximum atomic E-state index is 13.0. The maximum absolute atomic E-state index is 13.0. The summed E-state index contributed by atoms with van der Waals surface area (Å²) >= 11 is 0. The van der Waals surface area contributed by atoms with Crippen LogP contribution in [0.15, 0.2) is 109 Å². The smallest absolute Gasteiger partial charge is 0.220 e. The molecule has 0 spiro atoms. The summed E-state index contributed by atoms with van der Waals surface area (Å²) in [6, 6.07) is -0.812. The molecule has 0 aromatic rings. The van der Waals surface area contributed by atoms with Crippen molar-refractivity contribution in [3.8, 4) is 0 Å². The van der Waals surface area contributed by atoms with Crippen LogP contribution in [0, 0.1) is 0 Å². The lowest BCUT2D eigenvalue weighted by molar-refractivity contribution is -0.302. The third kappa shape index (κ3) is 36.8. The van der Waals surface area contributed by atoms with Crippen LogP contribution < -0.4 is 5.32 Å². The summed E-state index contributed by atoms with van der Waals surface area (Å²) in [7, 11) is 0. The molecule has 1 fully saturated rings. The number of aliphatic hydroxyl groups excluding tert-OH is 5. The maximum Gasteiger partial charge on any atom is 0.220 e. The Bertz CT molecular complexity index is 1430. The standard InChI is InChI=1S/C59H99NO8/c1-3-5-7-9-11-13-15-16-17-18-19-20-21-22-23-24-25-26-27-28-29-30-31-32-33-34-35-36-37-38-39-41-43-45-47-49-55(63)60-52(51-67-59-58(66)57(65)56(64)54(50-61)68-59)53(62)48-46-44-42-40-14-12-10-8-6-4-2/h5,7,11,13,16-17,19-20,22-23,25-26,28-29,31-32,46,48,52-54,56-59,61-62,64-66H,3-4,6,8-10,12,14-15,18,21,24,27,30,33-45,47,49-51H2,1-2H3,(H,60,63)/b7-5-,13-11-,17-16-,20-19-,23-22-,26-25-,29-28-,32-31-,48-46+. The highest BCUT2D eigenvalue weighted by atomic mass is 16.7. The number of hydrogen-bond donors (Lipinski definition) is 6. The van der Waals surface area contributed by atoms with Crippen molar-refractivity contribution in [3.05, 3.63) is 109 Å². The molecular weight excluding hydrogens is 851 g/mol. The van der Waals surface area contributed by atoms with Gasteiger partial charge in [-0.15, -0.1) is 0 Å². The van der Waals surface area contributed by atoms with E-state index in [4.69, 9.17) is 9.47 Å². The molecule has 388 valence electrons. The summed E-state index contributed by atoms with van der Waals surface area (Å²) in [5.41, 5.74) is 0. The summed E-state index contributed by atoms with van der Waals surface area (Å²) in [5, 5.41) is 54.2. The fourth-order valence-electron chi connectivity index (χ4n) is 7.82. The van der Waals surface area contributed by atoms with Gasteiger partial charge in [0.15, 0.2) is 6.29 Å². The van der Waals surface area contributed by atoms with Gasteiger partial charge in [-0.25, -0.2) is 0 Å². The van der Waals surface area contributed by atoms with Gasteiger partial charge in [-0.05, 0) is 83.5 Å². The number of amides is 1. The highest BCUT2D eigenvalue weighted by molar-refractivity contribution is 5.76. The fourth-order valence-corrected chi connectivity index (χ4v) is 7.82. The van der Waals surface area contributed by atoms with E-state index in [1.165, 1.54) is 77.0 Å². The Kier molecular flexibility index (Phi) is 43.9. The molecule has 1 rings (SSSR count). The molecule has 0 saturated carbocycles. The summed E-state index contributed by atoms with van der Waals surface area (Å²) in [6.45, 7) is 3.62. The zero-order valence-electron chi connectivity index (χ0n) is 42.8. The fraction of sp³-hybridized carbons (Fsp3) is 0.678. The molecule has 9 heteroatoms. The third-order valence-corrected chi connectivity index (χ3v) is 12.1. The zero-order chi connectivity index (χ0) is 49.4. The minimum Gasteiger partial charge on any atom is -0.394 e. The SMILES string of the molecule is CC/C=C\C/C=C\C/C=C\C/C=C\C/C=C\C/C=C\C/C=C\C/C=C\CCCCCCCCCCCCC(=O)NC(COC1OC(CO)C(O)C(O)C1O)C(O)/C=C/CCCCCCCCCC. The molecule has 0 aromatic carbocycles. The molecule has 0 aromatic heterocycles. The topological polar surface area (TPSA) is 149 Å². The first-order valence-electron chi connectivity index (χ1n) is 27.1. The molecule has 0 bridgehead atoms. The Hall–Kier alpha value is -3.15. The number of ether oxygens (including phenoxy) is 2. The van der Waals surface area contributed by atoms with Crippen LogP contribution in [0.5, 0.6) is 0 Å². The first-order valence-corrected chi connectivity index (χ1v) is 27.1. The van der Waals surface area contributed by atoms with Crippen LogP contribution in [0.2, 0.25) is 0 Å². The number of unbranched alkanes of at least 4 members (excludes halogenated alkanes) is 18. The van der Waals surface area contributed by atoms with E-state index in [0.717, 1.165) is 103 Å². The van der Waals surface area contributed by atoms with Crippen molar-refractivity contribution >= 4 is 5.91 Å². The molecule has 1 aliphatic heterocycles. The van der Waals surface area contributed by atoms with Crippen LogP contribution in [0.25, 0.3) is 0 Å². The monoisotopic (exact) mass is 950 g/mol. The van der Waals surface area contributed by atoms with Gasteiger partial charge >= 0.3 is 0 Å². The van der Waals surface area contributed by atoms with Gasteiger partial charge in [-0.3, -0.25) is 4.79 Å². The van der Waals surface area contributed by atoms with Crippen LogP contribution in [0.1, 0.15) is 200 Å². The second-order valence-electron chi connectivity index (χ2n) is 18.3. The molecular formula is C59H99NO8. The van der Waals surface area contributed by atoms with Gasteiger partial charge in [-0.2, -0.15) is 0 Å². The highest BCUT2D eigenvalue weighted by Crippen LogP contribution is 2.22. The first-order chi connectivity index (χ1) is 33.3. The van der Waals surface area contributed by atoms with E-state index in [2.05, 4.69) is 116 Å². The Balaban J connectivity index is 2.15. The number of rotatable bonds is 44. The van der Waals surface area contributed by atoms with Crippen molar-refractivity contribution in [1.29, 1.82) is 0 Å². The zero-order valence-corrected chi connectivity index (χ0v) is 42.8. The van der Waals surface area contributed by atoms with Gasteiger partial charge in [0.1, 0.15) is 24.4 Å². The van der Waals surface area contributed by atoms with Crippen molar-refractivity contribution in [3.63, 3.8) is 0 Å². The van der Waals surface area contributed by atoms with Crippen LogP contribution >= 0.6 is 0 Å². The molecule has 1 amide bonds. The molecule has 9 nitrogen and oxygen atoms in total. The minimum absolute atomic E-state index is 0.189. The summed E-state index contributed by atoms with van der Waals surface area (Å²) in [4.78, 5) is 13.0. The largest absolute Gasteiger partial charge is 0.394 e. The quantitative estimate of drug-likeness (QED) is 0.0261. The van der Waals surface area contributed by atoms with E-state index in [-0.39, 0.29) is 12.5 Å². The number of carbonyl (C=O) groups is 1. The second kappa shape index (κ2) is 47.5. The van der Waals surface area contributed by atoms with Gasteiger partial charge in [0.2, 0.25) is 5.91 Å². The van der Waals surface area contributed by atoms with Crippen LogP contribution in [0.4, 0.5) is 0 Å². The average molecular weight is 950 g/mol. The molecule has 7 unspecified atom stereocenters. The predicted molar refractivity (Wildman–Crippen MR) is 285 cm³/mol. The Morgan fingerprint density at radius 2 is 0.912 bits per heavy atom. The van der Waals surface area contributed by atoms with E-state index in [9.17, 15) is 30.3 Å². The molecule has 1 saturated heterocycles. The van der Waals surface area contributed by atoms with Crippen molar-refractivity contribution in [2.45, 2.75) is 243 Å². The van der Waals surface area contributed by atoms with Gasteiger partial charge in [-0.1, -0.05) is 220 Å². The Morgan fingerprint density at radius 3 is 1.35 bits per heavy atom. The van der Waals surface area contributed by atoms with Crippen LogP contribution in [-0.2, 0) is 14.3 Å². The van der Waals surface area contributed by atoms with E-state index in [0.29, 0.717) is 6.42 Å². The third-order valence-electron chi connectivity index (χ3n) is 12.1. The van der Waals surface area contributed by atoms with Crippen LogP contribution in [0.3, 0.4) is 0 Å². The van der Waals surface area contributed by atoms with Crippen molar-refractivity contribution in [1.82, 2.24) is 5.32 Å². The number of nitrogens with one attached hydrogen (secondary N) is 1. The van der Waals surface area contributed by atoms with Gasteiger partial charge in [0, 0.05) is 6.42 Å². The van der Waals surface area contributed by atoms with E-state index in [1.807, 2.05) is 6.08 Å². The van der Waals surface area contributed by atoms with Crippen molar-refractivity contribution in [2.75, 3.05) is 13.2 Å². The first kappa shape index (κ1) is 62.9. The molecule has 68 heavy (non-hydrogen) atoms. The highest BCUT2D eigenvalue weighted by Gasteiger charge is 2.44. The Labute approximate surface area is 415 Å². The van der Waals surface area contributed by atoms with E-state index in [1.54, 1.807) is 6.08 Å². The van der Waals surface area contributed by atoms with Crippen LogP contribution in [-0.4, -0.2) is 87.5 Å². The number of hydrogen-bond acceptors (Lipinski definition) is 8. The van der Waals surface area contributed by atoms with Crippen molar-refractivity contribution in [2.24, 2.45) is 0 Å². The summed E-state index contributed by atoms with van der Waals surface area (Å²) in [6.07, 6.45) is 63.0. The van der Waals surface area contributed by atoms with E-state index < -0.39 is 49.5 Å². The molecule has 1 aliphatic rings. The average Bonchev–Trinajstić information content (AvgIpc) is 3.34. The molecule has 6 N–H and O–H groups in total. The normalized spacial score (nSPS) is 20.5. The van der Waals surface area contributed by atoms with Gasteiger partial charge < -0.3 is 40.3 Å². The minimum atomic E-state index is -1.57. The van der Waals surface area contributed by atoms with Crippen molar-refractivity contribution < 1.29 is 39.8 Å². The molecule has 1 heterocycles. The second-order valence-corrected chi connectivity index (χ2v) is 18.3. The lowest BCUT2D eigenvalue weighted by Crippen LogP contribution is -2.60. The Morgan fingerprint density at radius 1 is 0.515 bits per heavy atom. The summed E-state index contributed by atoms with van der Waals surface area (Å²) in [5.74, 6) is -0.189. The number of carbonyl (C=O) groups excluding carboxylic acids is 1. The molecule has 0 radical (unpaired) electrons. The summed E-state index contributed by atoms with van der Waals surface area (Å²) < 4.78 is 11.2. The molecule has 7 atom stereocenters. The number of allylic oxidation sites excluding steroid dienone is 17. The van der Waals surface area contributed by atoms with Gasteiger partial charge in [0.25, 0.3) is 0 Å². The van der Waals surface area contributed by atoms with Gasteiger partial charge in [0.05, 0.1) is 25.4 Å². The lowest BCUT2D eigenvalue weighted by Gasteiger charge is -2.40. The lowest BCUT2D eigenvalue weighted by atomic mass is 9.99. The van der Waals surface area contributed by atoms with E-state index >= 15 is 0 Å². The predicted octanol–water partition coefficient (Wildman–Crippen LogP) is 13.0.